The maximum absolute atomic E-state index is 15.0. The summed E-state index contributed by atoms with van der Waals surface area (Å²) in [6.07, 6.45) is -0.394. The second-order valence-electron chi connectivity index (χ2n) is 9.73. The standard InChI is InChI=1S/C25H30FN5O3.ClH/c1-15(32)11-30-13-25(3,14-30)29(4)20-10-21-22(9-18(20)17-7-5-6-8-19(17)26)34-12-23-27-28-24(33)16(2)31(21)23;/h5-10,15-16,32H,11-14H2,1-4H3,(H,28,33);1H/t15-,16+;/m0./s1. The van der Waals surface area contributed by atoms with E-state index in [-0.39, 0.29) is 36.3 Å². The number of carbonyl (C=O) groups is 1. The molecular weight excluding hydrogens is 473 g/mol. The normalized spacial score (nSPS) is 21.3. The fourth-order valence-corrected chi connectivity index (χ4v) is 5.16. The van der Waals surface area contributed by atoms with Crippen LogP contribution in [0, 0.1) is 5.82 Å². The SMILES string of the molecule is C[C@H](O)CN1CC(C)(N(C)c2cc3c(cc2-c2ccccc2F)OCC2=NNC(=O)[C@@H](C)N23)C1.Cl. The van der Waals surface area contributed by atoms with E-state index in [1.165, 1.54) is 6.07 Å². The average Bonchev–Trinajstić information content (AvgIpc) is 2.78. The van der Waals surface area contributed by atoms with Gasteiger partial charge in [-0.1, -0.05) is 18.2 Å². The lowest BCUT2D eigenvalue weighted by Crippen LogP contribution is -2.68. The fourth-order valence-electron chi connectivity index (χ4n) is 5.16. The summed E-state index contributed by atoms with van der Waals surface area (Å²) in [6, 6.07) is 10.1. The number of aliphatic hydroxyl groups excluding tert-OH is 1. The molecule has 35 heavy (non-hydrogen) atoms. The first kappa shape index (κ1) is 25.2. The number of hydrogen-bond donors (Lipinski definition) is 2. The Morgan fingerprint density at radius 1 is 1.31 bits per heavy atom. The second-order valence-corrected chi connectivity index (χ2v) is 9.73. The topological polar surface area (TPSA) is 80.6 Å². The van der Waals surface area contributed by atoms with Crippen molar-refractivity contribution >= 4 is 35.5 Å². The molecule has 2 atom stereocenters. The molecule has 2 aromatic carbocycles. The average molecular weight is 504 g/mol. The number of likely N-dealkylation sites (tertiary alicyclic amines) is 1. The molecule has 3 heterocycles. The Morgan fingerprint density at radius 2 is 2.03 bits per heavy atom. The number of nitrogens with zero attached hydrogens (tertiary/aromatic N) is 4. The van der Waals surface area contributed by atoms with Crippen LogP contribution in [-0.2, 0) is 4.79 Å². The van der Waals surface area contributed by atoms with Crippen molar-refractivity contribution in [1.29, 1.82) is 0 Å². The molecule has 0 saturated carbocycles. The number of amidine groups is 1. The van der Waals surface area contributed by atoms with Gasteiger partial charge >= 0.3 is 0 Å². The molecule has 1 saturated heterocycles. The van der Waals surface area contributed by atoms with E-state index < -0.39 is 12.1 Å². The molecule has 3 aliphatic heterocycles. The van der Waals surface area contributed by atoms with Gasteiger partial charge in [0.15, 0.2) is 5.84 Å². The maximum Gasteiger partial charge on any atom is 0.262 e. The molecule has 10 heteroatoms. The minimum atomic E-state index is -0.451. The number of hydrogen-bond acceptors (Lipinski definition) is 7. The number of aliphatic hydroxyl groups is 1. The van der Waals surface area contributed by atoms with Crippen molar-refractivity contribution in [1.82, 2.24) is 10.3 Å². The smallest absolute Gasteiger partial charge is 0.262 e. The van der Waals surface area contributed by atoms with E-state index in [0.717, 1.165) is 30.0 Å². The van der Waals surface area contributed by atoms with E-state index in [9.17, 15) is 14.3 Å². The number of amides is 1. The van der Waals surface area contributed by atoms with Crippen molar-refractivity contribution in [2.75, 3.05) is 43.1 Å². The molecule has 8 nitrogen and oxygen atoms in total. The molecule has 0 spiro atoms. The molecule has 1 amide bonds. The molecular formula is C25H31ClFN5O3. The molecule has 0 aliphatic carbocycles. The quantitative estimate of drug-likeness (QED) is 0.653. The number of ether oxygens (including phenoxy) is 1. The number of anilines is 2. The monoisotopic (exact) mass is 503 g/mol. The summed E-state index contributed by atoms with van der Waals surface area (Å²) in [5.41, 5.74) is 5.13. The summed E-state index contributed by atoms with van der Waals surface area (Å²) in [6.45, 7) is 8.15. The van der Waals surface area contributed by atoms with Crippen LogP contribution in [0.3, 0.4) is 0 Å². The van der Waals surface area contributed by atoms with Gasteiger partial charge in [0, 0.05) is 43.5 Å². The van der Waals surface area contributed by atoms with Crippen LogP contribution in [0.2, 0.25) is 0 Å². The molecule has 0 unspecified atom stereocenters. The predicted molar refractivity (Wildman–Crippen MR) is 137 cm³/mol. The molecule has 5 rings (SSSR count). The van der Waals surface area contributed by atoms with Crippen LogP contribution in [-0.4, -0.2) is 72.7 Å². The zero-order chi connectivity index (χ0) is 24.2. The predicted octanol–water partition coefficient (Wildman–Crippen LogP) is 2.84. The third-order valence-electron chi connectivity index (χ3n) is 7.02. The van der Waals surface area contributed by atoms with Gasteiger partial charge in [0.2, 0.25) is 0 Å². The van der Waals surface area contributed by atoms with Gasteiger partial charge < -0.3 is 19.6 Å². The molecule has 3 aliphatic rings. The number of hydrazone groups is 1. The maximum atomic E-state index is 15.0. The number of rotatable bonds is 5. The molecule has 2 aromatic rings. The van der Waals surface area contributed by atoms with Crippen molar-refractivity contribution in [2.24, 2.45) is 5.10 Å². The number of β-amino-alcohol motifs (C(OH)–C–C–N with tert-alkyl or cyclic N) is 1. The van der Waals surface area contributed by atoms with E-state index >= 15 is 0 Å². The third-order valence-corrected chi connectivity index (χ3v) is 7.02. The lowest BCUT2D eigenvalue weighted by Gasteiger charge is -2.54. The van der Waals surface area contributed by atoms with Crippen LogP contribution in [0.5, 0.6) is 5.75 Å². The Balaban J connectivity index is 0.00000289. The Morgan fingerprint density at radius 3 is 2.71 bits per heavy atom. The Bertz CT molecular complexity index is 1170. The zero-order valence-corrected chi connectivity index (χ0v) is 21.1. The van der Waals surface area contributed by atoms with E-state index in [1.54, 1.807) is 19.1 Å². The summed E-state index contributed by atoms with van der Waals surface area (Å²) in [5, 5.41) is 13.9. The first-order valence-electron chi connectivity index (χ1n) is 11.5. The highest BCUT2D eigenvalue weighted by Gasteiger charge is 2.44. The van der Waals surface area contributed by atoms with Gasteiger partial charge in [0.05, 0.1) is 17.3 Å². The number of nitrogens with one attached hydrogen (secondary N) is 1. The molecule has 0 radical (unpaired) electrons. The second kappa shape index (κ2) is 9.29. The van der Waals surface area contributed by atoms with Crippen LogP contribution in [0.1, 0.15) is 20.8 Å². The van der Waals surface area contributed by atoms with Gasteiger partial charge in [-0.25, -0.2) is 9.82 Å². The summed E-state index contributed by atoms with van der Waals surface area (Å²) in [7, 11) is 2.01. The third kappa shape index (κ3) is 4.32. The van der Waals surface area contributed by atoms with Gasteiger partial charge in [-0.2, -0.15) is 5.10 Å². The summed E-state index contributed by atoms with van der Waals surface area (Å²) < 4.78 is 21.0. The van der Waals surface area contributed by atoms with E-state index in [2.05, 4.69) is 27.3 Å². The molecule has 188 valence electrons. The number of benzene rings is 2. The highest BCUT2D eigenvalue weighted by Crippen LogP contribution is 2.46. The van der Waals surface area contributed by atoms with Crippen molar-refractivity contribution in [2.45, 2.75) is 38.5 Å². The Labute approximate surface area is 210 Å². The summed E-state index contributed by atoms with van der Waals surface area (Å²) in [5.74, 6) is 0.718. The lowest BCUT2D eigenvalue weighted by molar-refractivity contribution is -0.122. The van der Waals surface area contributed by atoms with Crippen LogP contribution in [0.25, 0.3) is 11.1 Å². The van der Waals surface area contributed by atoms with Gasteiger partial charge in [-0.05, 0) is 39.0 Å². The van der Waals surface area contributed by atoms with Crippen molar-refractivity contribution < 1.29 is 19.0 Å². The van der Waals surface area contributed by atoms with E-state index in [1.807, 2.05) is 37.1 Å². The van der Waals surface area contributed by atoms with Gasteiger partial charge in [-0.15, -0.1) is 12.4 Å². The van der Waals surface area contributed by atoms with Crippen LogP contribution < -0.4 is 20.0 Å². The first-order chi connectivity index (χ1) is 16.2. The van der Waals surface area contributed by atoms with Crippen molar-refractivity contribution in [3.63, 3.8) is 0 Å². The number of halogens is 2. The lowest BCUT2D eigenvalue weighted by atomic mass is 9.88. The van der Waals surface area contributed by atoms with Crippen molar-refractivity contribution in [3.05, 3.63) is 42.2 Å². The fraction of sp³-hybridized carbons (Fsp3) is 0.440. The highest BCUT2D eigenvalue weighted by molar-refractivity contribution is 6.10. The van der Waals surface area contributed by atoms with Crippen LogP contribution in [0.4, 0.5) is 15.8 Å². The van der Waals surface area contributed by atoms with E-state index in [4.69, 9.17) is 4.74 Å². The number of likely N-dealkylation sites (N-methyl/N-ethyl adjacent to an activating group) is 1. The minimum absolute atomic E-state index is 0. The number of fused-ring (bicyclic) bond motifs is 3. The highest BCUT2D eigenvalue weighted by atomic mass is 35.5. The van der Waals surface area contributed by atoms with Crippen LogP contribution >= 0.6 is 12.4 Å². The van der Waals surface area contributed by atoms with Crippen molar-refractivity contribution in [3.8, 4) is 16.9 Å². The van der Waals surface area contributed by atoms with E-state index in [0.29, 0.717) is 23.7 Å². The first-order valence-corrected chi connectivity index (χ1v) is 11.5. The zero-order valence-electron chi connectivity index (χ0n) is 20.3. The van der Waals surface area contributed by atoms with Gasteiger partial charge in [-0.3, -0.25) is 9.69 Å². The minimum Gasteiger partial charge on any atom is -0.483 e. The number of carbonyl (C=O) groups excluding carboxylic acids is 1. The molecule has 0 bridgehead atoms. The molecule has 0 aromatic heterocycles. The van der Waals surface area contributed by atoms with Gasteiger partial charge in [0.1, 0.15) is 24.2 Å². The Kier molecular flexibility index (Phi) is 6.70. The van der Waals surface area contributed by atoms with Gasteiger partial charge in [0.25, 0.3) is 5.91 Å². The molecule has 1 fully saturated rings. The summed E-state index contributed by atoms with van der Waals surface area (Å²) >= 11 is 0. The largest absolute Gasteiger partial charge is 0.483 e. The summed E-state index contributed by atoms with van der Waals surface area (Å²) in [4.78, 5) is 18.6. The van der Waals surface area contributed by atoms with Crippen LogP contribution in [0.15, 0.2) is 41.5 Å². The molecule has 2 N–H and O–H groups in total. The Hall–Kier alpha value is -2.88.